The molecule has 0 bridgehead atoms. The van der Waals surface area contributed by atoms with E-state index in [0.717, 1.165) is 5.56 Å². The summed E-state index contributed by atoms with van der Waals surface area (Å²) in [5.41, 5.74) is 1.95. The summed E-state index contributed by atoms with van der Waals surface area (Å²) in [6, 6.07) is 14.7. The van der Waals surface area contributed by atoms with Gasteiger partial charge in [-0.2, -0.15) is 5.10 Å². The highest BCUT2D eigenvalue weighted by molar-refractivity contribution is 6.61. The first kappa shape index (κ1) is 19.1. The molecule has 0 amide bonds. The highest BCUT2D eigenvalue weighted by Crippen LogP contribution is 2.21. The molecule has 27 heavy (non-hydrogen) atoms. The predicted molar refractivity (Wildman–Crippen MR) is 101 cm³/mol. The third-order valence-corrected chi connectivity index (χ3v) is 4.14. The Bertz CT molecular complexity index is 898. The van der Waals surface area contributed by atoms with Gasteiger partial charge >= 0.3 is 13.1 Å². The molecule has 0 aliphatic rings. The number of carbonyl (C=O) groups is 1. The third-order valence-electron chi connectivity index (χ3n) is 4.14. The van der Waals surface area contributed by atoms with Crippen molar-refractivity contribution in [2.75, 3.05) is 13.2 Å². The van der Waals surface area contributed by atoms with Crippen LogP contribution in [0.15, 0.2) is 54.7 Å². The third kappa shape index (κ3) is 4.74. The van der Waals surface area contributed by atoms with Crippen molar-refractivity contribution in [3.05, 3.63) is 60.3 Å². The Morgan fingerprint density at radius 3 is 2.67 bits per heavy atom. The van der Waals surface area contributed by atoms with Crippen molar-refractivity contribution in [3.8, 4) is 0 Å². The summed E-state index contributed by atoms with van der Waals surface area (Å²) in [6.07, 6.45) is 1.33. The van der Waals surface area contributed by atoms with Gasteiger partial charge in [0.05, 0.1) is 18.7 Å². The molecule has 0 aliphatic carbocycles. The molecule has 0 saturated carbocycles. The monoisotopic (exact) mass is 368 g/mol. The maximum absolute atomic E-state index is 11.7. The molecular weight excluding hydrogens is 347 g/mol. The second-order valence-corrected chi connectivity index (χ2v) is 6.02. The minimum absolute atomic E-state index is 0.158. The van der Waals surface area contributed by atoms with E-state index in [1.165, 1.54) is 0 Å². The summed E-state index contributed by atoms with van der Waals surface area (Å²) in [6.45, 7) is 2.25. The topological polar surface area (TPSA) is 93.8 Å². The van der Waals surface area contributed by atoms with Gasteiger partial charge in [0.1, 0.15) is 12.7 Å². The lowest BCUT2D eigenvalue weighted by atomic mass is 9.78. The summed E-state index contributed by atoms with van der Waals surface area (Å²) < 4.78 is 12.4. The normalized spacial score (nSPS) is 12.1. The fourth-order valence-electron chi connectivity index (χ4n) is 2.90. The fraction of sp³-hybridized carbons (Fsp3) is 0.263. The van der Waals surface area contributed by atoms with Crippen molar-refractivity contribution in [1.29, 1.82) is 0 Å². The molecule has 0 saturated heterocycles. The van der Waals surface area contributed by atoms with Crippen molar-refractivity contribution in [3.63, 3.8) is 0 Å². The van der Waals surface area contributed by atoms with E-state index in [-0.39, 0.29) is 6.61 Å². The van der Waals surface area contributed by atoms with Gasteiger partial charge < -0.3 is 19.5 Å². The molecule has 1 atom stereocenters. The summed E-state index contributed by atoms with van der Waals surface area (Å²) in [5.74, 6) is -0.422. The van der Waals surface area contributed by atoms with Crippen molar-refractivity contribution in [2.24, 2.45) is 0 Å². The summed E-state index contributed by atoms with van der Waals surface area (Å²) in [5, 5.41) is 24.2. The molecule has 2 N–H and O–H groups in total. The molecule has 0 radical (unpaired) electrons. The minimum atomic E-state index is -1.57. The maximum atomic E-state index is 11.7. The van der Waals surface area contributed by atoms with Gasteiger partial charge in [-0.05, 0) is 24.0 Å². The average Bonchev–Trinajstić information content (AvgIpc) is 3.08. The van der Waals surface area contributed by atoms with E-state index in [4.69, 9.17) is 9.47 Å². The van der Waals surface area contributed by atoms with Crippen LogP contribution in [-0.2, 0) is 20.8 Å². The van der Waals surface area contributed by atoms with Gasteiger partial charge in [-0.1, -0.05) is 42.5 Å². The van der Waals surface area contributed by atoms with Crippen LogP contribution in [0.25, 0.3) is 10.9 Å². The molecule has 0 spiro atoms. The van der Waals surface area contributed by atoms with E-state index in [2.05, 4.69) is 5.10 Å². The summed E-state index contributed by atoms with van der Waals surface area (Å²) >= 11 is 0. The van der Waals surface area contributed by atoms with Gasteiger partial charge in [-0.15, -0.1) is 0 Å². The highest BCUT2D eigenvalue weighted by atomic mass is 16.6. The van der Waals surface area contributed by atoms with E-state index in [0.29, 0.717) is 29.5 Å². The molecule has 7 nitrogen and oxygen atoms in total. The largest absolute Gasteiger partial charge is 0.489 e. The predicted octanol–water partition coefficient (Wildman–Crippen LogP) is 1.04. The first-order chi connectivity index (χ1) is 13.1. The zero-order valence-corrected chi connectivity index (χ0v) is 15.0. The molecule has 3 rings (SSSR count). The van der Waals surface area contributed by atoms with Crippen LogP contribution in [0.5, 0.6) is 0 Å². The molecule has 8 heteroatoms. The van der Waals surface area contributed by atoms with Crippen molar-refractivity contribution in [1.82, 2.24) is 9.78 Å². The van der Waals surface area contributed by atoms with Crippen LogP contribution in [0.2, 0.25) is 0 Å². The number of hydrogen-bond donors (Lipinski definition) is 2. The SMILES string of the molecule is CCOC(=O)CO[C@@H](Cn1cc2c(B(O)O)cccc2n1)c1ccccc1. The number of nitrogens with zero attached hydrogens (tertiary/aromatic N) is 2. The number of esters is 1. The zero-order chi connectivity index (χ0) is 19.2. The number of carbonyl (C=O) groups excluding carboxylic acids is 1. The van der Waals surface area contributed by atoms with Gasteiger partial charge in [0.2, 0.25) is 0 Å². The molecular formula is C19H21BN2O5. The first-order valence-electron chi connectivity index (χ1n) is 8.73. The van der Waals surface area contributed by atoms with Crippen molar-refractivity contribution < 1.29 is 24.3 Å². The molecule has 3 aromatic rings. The smallest absolute Gasteiger partial charge is 0.464 e. The lowest BCUT2D eigenvalue weighted by Crippen LogP contribution is -2.30. The second-order valence-electron chi connectivity index (χ2n) is 6.02. The lowest BCUT2D eigenvalue weighted by Gasteiger charge is -2.18. The molecule has 140 valence electrons. The van der Waals surface area contributed by atoms with Crippen molar-refractivity contribution in [2.45, 2.75) is 19.6 Å². The summed E-state index contributed by atoms with van der Waals surface area (Å²) in [4.78, 5) is 11.7. The number of hydrogen-bond acceptors (Lipinski definition) is 6. The second kappa shape index (κ2) is 8.81. The molecule has 1 aromatic heterocycles. The minimum Gasteiger partial charge on any atom is -0.464 e. The standard InChI is InChI=1S/C19H21BN2O5/c1-2-26-19(23)13-27-18(14-7-4-3-5-8-14)12-22-11-15-16(20(24)25)9-6-10-17(15)21-22/h3-11,18,24-25H,2,12-13H2,1H3/t18-/m0/s1. The molecule has 0 unspecified atom stereocenters. The van der Waals surface area contributed by atoms with E-state index < -0.39 is 19.2 Å². The highest BCUT2D eigenvalue weighted by Gasteiger charge is 2.19. The van der Waals surface area contributed by atoms with E-state index >= 15 is 0 Å². The van der Waals surface area contributed by atoms with Crippen LogP contribution >= 0.6 is 0 Å². The van der Waals surface area contributed by atoms with Crippen LogP contribution in [0.4, 0.5) is 0 Å². The average molecular weight is 368 g/mol. The van der Waals surface area contributed by atoms with Gasteiger partial charge in [-0.25, -0.2) is 4.79 Å². The van der Waals surface area contributed by atoms with Crippen molar-refractivity contribution >= 4 is 29.5 Å². The fourth-order valence-corrected chi connectivity index (χ4v) is 2.90. The van der Waals surface area contributed by atoms with Gasteiger partial charge in [0.25, 0.3) is 0 Å². The van der Waals surface area contributed by atoms with Crippen LogP contribution in [0.1, 0.15) is 18.6 Å². The number of fused-ring (bicyclic) bond motifs is 1. The molecule has 0 aliphatic heterocycles. The number of benzene rings is 2. The Hall–Kier alpha value is -2.68. The van der Waals surface area contributed by atoms with E-state index in [1.807, 2.05) is 30.3 Å². The Morgan fingerprint density at radius 2 is 1.96 bits per heavy atom. The van der Waals surface area contributed by atoms with E-state index in [1.54, 1.807) is 36.0 Å². The van der Waals surface area contributed by atoms with Crippen LogP contribution in [-0.4, -0.2) is 46.1 Å². The van der Waals surface area contributed by atoms with Gasteiger partial charge in [0.15, 0.2) is 0 Å². The lowest BCUT2D eigenvalue weighted by molar-refractivity contribution is -0.151. The van der Waals surface area contributed by atoms with Gasteiger partial charge in [-0.3, -0.25) is 4.68 Å². The zero-order valence-electron chi connectivity index (χ0n) is 15.0. The quantitative estimate of drug-likeness (QED) is 0.456. The van der Waals surface area contributed by atoms with Gasteiger partial charge in [0, 0.05) is 11.6 Å². The van der Waals surface area contributed by atoms with Crippen LogP contribution < -0.4 is 5.46 Å². The van der Waals surface area contributed by atoms with E-state index in [9.17, 15) is 14.8 Å². The van der Waals surface area contributed by atoms with Crippen LogP contribution in [0.3, 0.4) is 0 Å². The summed E-state index contributed by atoms with van der Waals surface area (Å²) in [7, 11) is -1.57. The van der Waals surface area contributed by atoms with Crippen LogP contribution in [0, 0.1) is 0 Å². The Kier molecular flexibility index (Phi) is 6.23. The molecule has 0 fully saturated rings. The molecule has 1 heterocycles. The maximum Gasteiger partial charge on any atom is 0.489 e. The Labute approximate surface area is 157 Å². The Morgan fingerprint density at radius 1 is 1.19 bits per heavy atom. The Balaban J connectivity index is 1.84. The number of rotatable bonds is 8. The number of aromatic nitrogens is 2. The molecule has 2 aromatic carbocycles. The first-order valence-corrected chi connectivity index (χ1v) is 8.73. The number of ether oxygens (including phenoxy) is 2.